The number of hydrogen-bond donors (Lipinski definition) is 1. The molecule has 106 valence electrons. The number of aryl methyl sites for hydroxylation is 1. The molecule has 0 heterocycles. The average molecular weight is 263 g/mol. The lowest BCUT2D eigenvalue weighted by Crippen LogP contribution is -2.21. The van der Waals surface area contributed by atoms with E-state index in [-0.39, 0.29) is 0 Å². The van der Waals surface area contributed by atoms with Crippen molar-refractivity contribution >= 4 is 6.08 Å². The van der Waals surface area contributed by atoms with E-state index in [0.717, 1.165) is 31.9 Å². The van der Waals surface area contributed by atoms with Gasteiger partial charge in [-0.15, -0.1) is 0 Å². The van der Waals surface area contributed by atoms with Crippen molar-refractivity contribution < 1.29 is 9.47 Å². The molecule has 0 aliphatic carbocycles. The van der Waals surface area contributed by atoms with Crippen LogP contribution in [0.1, 0.15) is 24.5 Å². The van der Waals surface area contributed by atoms with E-state index < -0.39 is 0 Å². The Morgan fingerprint density at radius 1 is 1.32 bits per heavy atom. The first-order chi connectivity index (χ1) is 9.21. The van der Waals surface area contributed by atoms with Gasteiger partial charge in [-0.2, -0.15) is 0 Å². The van der Waals surface area contributed by atoms with Crippen LogP contribution in [0.3, 0.4) is 0 Å². The zero-order chi connectivity index (χ0) is 14.1. The number of methoxy groups -OCH3 is 2. The summed E-state index contributed by atoms with van der Waals surface area (Å²) in [5, 5.41) is 3.38. The third kappa shape index (κ3) is 5.45. The SMILES string of the molecule is CCC(=Cc1ccc(OC)c(C)c1)CNCCOC. The minimum atomic E-state index is 0.749. The van der Waals surface area contributed by atoms with E-state index in [1.54, 1.807) is 14.2 Å². The van der Waals surface area contributed by atoms with Crippen molar-refractivity contribution in [1.29, 1.82) is 0 Å². The van der Waals surface area contributed by atoms with E-state index >= 15 is 0 Å². The van der Waals surface area contributed by atoms with E-state index in [4.69, 9.17) is 9.47 Å². The zero-order valence-corrected chi connectivity index (χ0v) is 12.5. The fourth-order valence-corrected chi connectivity index (χ4v) is 1.93. The molecule has 3 heteroatoms. The molecule has 0 aliphatic heterocycles. The van der Waals surface area contributed by atoms with Crippen molar-refractivity contribution in [3.63, 3.8) is 0 Å². The van der Waals surface area contributed by atoms with Crippen molar-refractivity contribution in [3.05, 3.63) is 34.9 Å². The third-order valence-corrected chi connectivity index (χ3v) is 3.08. The second-order valence-corrected chi connectivity index (χ2v) is 4.55. The quantitative estimate of drug-likeness (QED) is 0.731. The maximum absolute atomic E-state index is 5.28. The highest BCUT2D eigenvalue weighted by molar-refractivity contribution is 5.56. The van der Waals surface area contributed by atoms with Crippen molar-refractivity contribution in [1.82, 2.24) is 5.32 Å². The van der Waals surface area contributed by atoms with Gasteiger partial charge in [0.2, 0.25) is 0 Å². The van der Waals surface area contributed by atoms with Gasteiger partial charge in [0.05, 0.1) is 13.7 Å². The molecule has 0 fully saturated rings. The van der Waals surface area contributed by atoms with E-state index in [1.807, 2.05) is 6.07 Å². The molecule has 1 aromatic carbocycles. The molecule has 0 radical (unpaired) electrons. The molecule has 0 aliphatic rings. The molecular formula is C16H25NO2. The van der Waals surface area contributed by atoms with Crippen LogP contribution in [0, 0.1) is 6.92 Å². The van der Waals surface area contributed by atoms with E-state index in [0.29, 0.717) is 0 Å². The van der Waals surface area contributed by atoms with E-state index in [2.05, 4.69) is 37.4 Å². The summed E-state index contributed by atoms with van der Waals surface area (Å²) in [7, 11) is 3.42. The highest BCUT2D eigenvalue weighted by atomic mass is 16.5. The number of nitrogens with one attached hydrogen (secondary N) is 1. The summed E-state index contributed by atoms with van der Waals surface area (Å²) in [4.78, 5) is 0. The molecule has 1 rings (SSSR count). The van der Waals surface area contributed by atoms with Crippen LogP contribution in [0.2, 0.25) is 0 Å². The van der Waals surface area contributed by atoms with Gasteiger partial charge in [-0.25, -0.2) is 0 Å². The summed E-state index contributed by atoms with van der Waals surface area (Å²) in [6, 6.07) is 6.27. The van der Waals surface area contributed by atoms with E-state index in [1.165, 1.54) is 16.7 Å². The number of ether oxygens (including phenoxy) is 2. The fourth-order valence-electron chi connectivity index (χ4n) is 1.93. The van der Waals surface area contributed by atoms with Crippen LogP contribution in [-0.2, 0) is 4.74 Å². The highest BCUT2D eigenvalue weighted by Crippen LogP contribution is 2.20. The molecule has 19 heavy (non-hydrogen) atoms. The van der Waals surface area contributed by atoms with E-state index in [9.17, 15) is 0 Å². The summed E-state index contributed by atoms with van der Waals surface area (Å²) in [6.07, 6.45) is 3.29. The van der Waals surface area contributed by atoms with Crippen molar-refractivity contribution in [2.75, 3.05) is 33.9 Å². The Morgan fingerprint density at radius 3 is 2.68 bits per heavy atom. The van der Waals surface area contributed by atoms with Gasteiger partial charge in [-0.3, -0.25) is 0 Å². The molecule has 0 bridgehead atoms. The summed E-state index contributed by atoms with van der Waals surface area (Å²) in [5.41, 5.74) is 3.78. The number of hydrogen-bond acceptors (Lipinski definition) is 3. The first kappa shape index (κ1) is 15.7. The van der Waals surface area contributed by atoms with Crippen LogP contribution >= 0.6 is 0 Å². The Labute approximate surface area is 116 Å². The Kier molecular flexibility index (Phi) is 7.23. The highest BCUT2D eigenvalue weighted by Gasteiger charge is 2.00. The maximum Gasteiger partial charge on any atom is 0.121 e. The number of benzene rings is 1. The van der Waals surface area contributed by atoms with Crippen molar-refractivity contribution in [2.24, 2.45) is 0 Å². The number of rotatable bonds is 8. The van der Waals surface area contributed by atoms with Gasteiger partial charge in [-0.05, 0) is 36.6 Å². The lowest BCUT2D eigenvalue weighted by molar-refractivity contribution is 0.200. The second-order valence-electron chi connectivity index (χ2n) is 4.55. The maximum atomic E-state index is 5.28. The molecule has 0 saturated heterocycles. The lowest BCUT2D eigenvalue weighted by atomic mass is 10.1. The largest absolute Gasteiger partial charge is 0.496 e. The molecule has 0 spiro atoms. The normalized spacial score (nSPS) is 11.7. The van der Waals surface area contributed by atoms with Crippen molar-refractivity contribution in [2.45, 2.75) is 20.3 Å². The van der Waals surface area contributed by atoms with Crippen LogP contribution in [-0.4, -0.2) is 33.9 Å². The Balaban J connectivity index is 2.66. The van der Waals surface area contributed by atoms with Crippen LogP contribution in [0.15, 0.2) is 23.8 Å². The van der Waals surface area contributed by atoms with Gasteiger partial charge in [0, 0.05) is 20.2 Å². The smallest absolute Gasteiger partial charge is 0.121 e. The molecular weight excluding hydrogens is 238 g/mol. The Hall–Kier alpha value is -1.32. The zero-order valence-electron chi connectivity index (χ0n) is 12.5. The lowest BCUT2D eigenvalue weighted by Gasteiger charge is -2.09. The third-order valence-electron chi connectivity index (χ3n) is 3.08. The summed E-state index contributed by atoms with van der Waals surface area (Å²) in [6.45, 7) is 6.79. The summed E-state index contributed by atoms with van der Waals surface area (Å²) < 4.78 is 10.3. The summed E-state index contributed by atoms with van der Waals surface area (Å²) in [5.74, 6) is 0.938. The molecule has 0 atom stereocenters. The van der Waals surface area contributed by atoms with Gasteiger partial charge >= 0.3 is 0 Å². The van der Waals surface area contributed by atoms with Crippen LogP contribution in [0.5, 0.6) is 5.75 Å². The predicted molar refractivity (Wildman–Crippen MR) is 80.7 cm³/mol. The van der Waals surface area contributed by atoms with Gasteiger partial charge in [0.25, 0.3) is 0 Å². The van der Waals surface area contributed by atoms with Crippen molar-refractivity contribution in [3.8, 4) is 5.75 Å². The minimum absolute atomic E-state index is 0.749. The molecule has 3 nitrogen and oxygen atoms in total. The Morgan fingerprint density at radius 2 is 2.11 bits per heavy atom. The molecule has 0 aromatic heterocycles. The van der Waals surface area contributed by atoms with Crippen LogP contribution in [0.25, 0.3) is 6.08 Å². The first-order valence-electron chi connectivity index (χ1n) is 6.75. The molecule has 1 N–H and O–H groups in total. The average Bonchev–Trinajstić information content (AvgIpc) is 2.42. The minimum Gasteiger partial charge on any atom is -0.496 e. The van der Waals surface area contributed by atoms with Crippen LogP contribution in [0.4, 0.5) is 0 Å². The summed E-state index contributed by atoms with van der Waals surface area (Å²) >= 11 is 0. The molecule has 1 aromatic rings. The standard InChI is InChI=1S/C16H25NO2/c1-5-14(12-17-8-9-18-3)11-15-6-7-16(19-4)13(2)10-15/h6-7,10-11,17H,5,8-9,12H2,1-4H3. The van der Waals surface area contributed by atoms with Crippen LogP contribution < -0.4 is 10.1 Å². The van der Waals surface area contributed by atoms with Gasteiger partial charge < -0.3 is 14.8 Å². The fraction of sp³-hybridized carbons (Fsp3) is 0.500. The van der Waals surface area contributed by atoms with Gasteiger partial charge in [0.1, 0.15) is 5.75 Å². The topological polar surface area (TPSA) is 30.5 Å². The molecule has 0 unspecified atom stereocenters. The monoisotopic (exact) mass is 263 g/mol. The molecule has 0 amide bonds. The second kappa shape index (κ2) is 8.73. The van der Waals surface area contributed by atoms with Gasteiger partial charge in [-0.1, -0.05) is 24.6 Å². The molecule has 0 saturated carbocycles. The predicted octanol–water partition coefficient (Wildman–Crippen LogP) is 3.03. The Bertz CT molecular complexity index is 413. The van der Waals surface area contributed by atoms with Gasteiger partial charge in [0.15, 0.2) is 0 Å². The first-order valence-corrected chi connectivity index (χ1v) is 6.75.